The van der Waals surface area contributed by atoms with Gasteiger partial charge in [-0.2, -0.15) is 4.31 Å². The van der Waals surface area contributed by atoms with Gasteiger partial charge in [0.15, 0.2) is 0 Å². The van der Waals surface area contributed by atoms with E-state index < -0.39 is 10.0 Å². The summed E-state index contributed by atoms with van der Waals surface area (Å²) < 4.78 is 30.4. The van der Waals surface area contributed by atoms with Crippen molar-refractivity contribution in [2.24, 2.45) is 5.92 Å². The molecule has 0 bridgehead atoms. The Morgan fingerprint density at radius 3 is 2.57 bits per heavy atom. The maximum atomic E-state index is 12.2. The summed E-state index contributed by atoms with van der Waals surface area (Å²) in [4.78, 5) is 14.1. The molecule has 0 radical (unpaired) electrons. The number of fused-ring (bicyclic) bond motifs is 1. The quantitative estimate of drug-likeness (QED) is 0.758. The normalized spacial score (nSPS) is 32.4. The fraction of sp³-hybridized carbons (Fsp3) is 0.929. The zero-order valence-corrected chi connectivity index (χ0v) is 13.3. The van der Waals surface area contributed by atoms with Crippen molar-refractivity contribution < 1.29 is 17.9 Å². The molecule has 1 amide bonds. The van der Waals surface area contributed by atoms with Crippen molar-refractivity contribution in [3.8, 4) is 0 Å². The van der Waals surface area contributed by atoms with Gasteiger partial charge < -0.3 is 9.64 Å². The predicted molar refractivity (Wildman–Crippen MR) is 78.2 cm³/mol. The lowest BCUT2D eigenvalue weighted by molar-refractivity contribution is -0.154. The van der Waals surface area contributed by atoms with E-state index in [9.17, 15) is 13.2 Å². The molecule has 21 heavy (non-hydrogen) atoms. The minimum atomic E-state index is -3.22. The van der Waals surface area contributed by atoms with Crippen LogP contribution in [0.4, 0.5) is 0 Å². The molecule has 3 rings (SSSR count). The van der Waals surface area contributed by atoms with E-state index >= 15 is 0 Å². The van der Waals surface area contributed by atoms with Crippen molar-refractivity contribution in [3.63, 3.8) is 0 Å². The Morgan fingerprint density at radius 1 is 1.19 bits per heavy atom. The van der Waals surface area contributed by atoms with E-state index in [4.69, 9.17) is 4.74 Å². The largest absolute Gasteiger partial charge is 0.365 e. The third-order valence-electron chi connectivity index (χ3n) is 4.99. The maximum absolute atomic E-state index is 12.2. The number of nitrogens with zero attached hydrogens (tertiary/aromatic N) is 2. The summed E-state index contributed by atoms with van der Waals surface area (Å²) in [5.41, 5.74) is 0. The molecule has 0 aromatic carbocycles. The van der Waals surface area contributed by atoms with Crippen LogP contribution < -0.4 is 0 Å². The second-order valence-corrected chi connectivity index (χ2v) is 8.53. The Kier molecular flexibility index (Phi) is 4.25. The van der Waals surface area contributed by atoms with Crippen molar-refractivity contribution in [3.05, 3.63) is 0 Å². The first-order chi connectivity index (χ1) is 9.95. The summed E-state index contributed by atoms with van der Waals surface area (Å²) in [5.74, 6) is 0.575. The van der Waals surface area contributed by atoms with Crippen LogP contribution in [0.2, 0.25) is 0 Å². The highest BCUT2D eigenvalue weighted by molar-refractivity contribution is 7.88. The van der Waals surface area contributed by atoms with Crippen LogP contribution in [0.5, 0.6) is 0 Å². The fourth-order valence-electron chi connectivity index (χ4n) is 3.79. The van der Waals surface area contributed by atoms with Gasteiger partial charge >= 0.3 is 0 Å². The standard InChI is InChI=1S/C14H24N2O4S/c1-21(18,19)15-8-12-13(9-15)20-10-14(17)16(12)7-11-5-3-2-4-6-11/h11-13H,2-10H2,1H3/t12-,13+/m1/s1. The Balaban J connectivity index is 1.71. The van der Waals surface area contributed by atoms with Gasteiger partial charge in [-0.15, -0.1) is 0 Å². The number of hydrogen-bond donors (Lipinski definition) is 0. The highest BCUT2D eigenvalue weighted by Gasteiger charge is 2.46. The van der Waals surface area contributed by atoms with E-state index in [0.717, 1.165) is 6.54 Å². The van der Waals surface area contributed by atoms with Gasteiger partial charge in [0.25, 0.3) is 0 Å². The van der Waals surface area contributed by atoms with Crippen LogP contribution >= 0.6 is 0 Å². The molecule has 3 aliphatic rings. The lowest BCUT2D eigenvalue weighted by atomic mass is 9.88. The molecule has 0 aromatic heterocycles. The third-order valence-corrected chi connectivity index (χ3v) is 6.23. The molecule has 120 valence electrons. The van der Waals surface area contributed by atoms with Crippen LogP contribution in [0.25, 0.3) is 0 Å². The van der Waals surface area contributed by atoms with Crippen LogP contribution in [0.3, 0.4) is 0 Å². The second kappa shape index (κ2) is 5.85. The van der Waals surface area contributed by atoms with Crippen molar-refractivity contribution >= 4 is 15.9 Å². The number of carbonyl (C=O) groups excluding carboxylic acids is 1. The van der Waals surface area contributed by atoms with Crippen LogP contribution in [-0.4, -0.2) is 68.2 Å². The number of ether oxygens (including phenoxy) is 1. The molecule has 1 aliphatic carbocycles. The Hall–Kier alpha value is -0.660. The summed E-state index contributed by atoms with van der Waals surface area (Å²) in [5, 5.41) is 0. The average Bonchev–Trinajstić information content (AvgIpc) is 2.88. The number of morpholine rings is 1. The lowest BCUT2D eigenvalue weighted by Gasteiger charge is -2.39. The molecular weight excluding hydrogens is 292 g/mol. The highest BCUT2D eigenvalue weighted by Crippen LogP contribution is 2.29. The molecule has 3 fully saturated rings. The van der Waals surface area contributed by atoms with Crippen LogP contribution in [0.1, 0.15) is 32.1 Å². The van der Waals surface area contributed by atoms with Crippen LogP contribution in [0.15, 0.2) is 0 Å². The highest BCUT2D eigenvalue weighted by atomic mass is 32.2. The molecule has 2 heterocycles. The topological polar surface area (TPSA) is 66.9 Å². The van der Waals surface area contributed by atoms with E-state index in [1.807, 2.05) is 4.90 Å². The molecule has 0 aromatic rings. The van der Waals surface area contributed by atoms with Gasteiger partial charge in [0.2, 0.25) is 15.9 Å². The Morgan fingerprint density at radius 2 is 1.90 bits per heavy atom. The van der Waals surface area contributed by atoms with E-state index in [-0.39, 0.29) is 24.7 Å². The van der Waals surface area contributed by atoms with Gasteiger partial charge in [-0.1, -0.05) is 19.3 Å². The van der Waals surface area contributed by atoms with E-state index in [1.54, 1.807) is 0 Å². The van der Waals surface area contributed by atoms with E-state index in [1.165, 1.54) is 42.7 Å². The first-order valence-electron chi connectivity index (χ1n) is 7.81. The van der Waals surface area contributed by atoms with Crippen molar-refractivity contribution in [1.82, 2.24) is 9.21 Å². The molecule has 2 aliphatic heterocycles. The summed E-state index contributed by atoms with van der Waals surface area (Å²) in [6, 6.07) is -0.108. The summed E-state index contributed by atoms with van der Waals surface area (Å²) in [6.45, 7) is 1.60. The second-order valence-electron chi connectivity index (χ2n) is 6.55. The van der Waals surface area contributed by atoms with Crippen molar-refractivity contribution in [2.45, 2.75) is 44.2 Å². The van der Waals surface area contributed by atoms with Crippen molar-refractivity contribution in [2.75, 3.05) is 32.5 Å². The summed E-state index contributed by atoms with van der Waals surface area (Å²) in [6.07, 6.45) is 7.19. The lowest BCUT2D eigenvalue weighted by Crippen LogP contribution is -2.55. The number of hydrogen-bond acceptors (Lipinski definition) is 4. The Bertz CT molecular complexity index is 501. The zero-order chi connectivity index (χ0) is 15.0. The van der Waals surface area contributed by atoms with Crippen LogP contribution in [0, 0.1) is 5.92 Å². The molecule has 0 N–H and O–H groups in total. The fourth-order valence-corrected chi connectivity index (χ4v) is 4.63. The summed E-state index contributed by atoms with van der Waals surface area (Å²) in [7, 11) is -3.22. The van der Waals surface area contributed by atoms with Crippen LogP contribution in [-0.2, 0) is 19.6 Å². The Labute approximate surface area is 126 Å². The number of sulfonamides is 1. The molecule has 2 atom stereocenters. The third kappa shape index (κ3) is 3.24. The van der Waals surface area contributed by atoms with Gasteiger partial charge in [-0.25, -0.2) is 8.42 Å². The molecule has 1 saturated carbocycles. The minimum absolute atomic E-state index is 0.0113. The SMILES string of the molecule is CS(=O)(=O)N1C[C@@H]2OCC(=O)N(CC3CCCCC3)[C@@H]2C1. The number of carbonyl (C=O) groups is 1. The first kappa shape index (κ1) is 15.2. The molecule has 6 nitrogen and oxygen atoms in total. The van der Waals surface area contributed by atoms with E-state index in [2.05, 4.69) is 0 Å². The number of amides is 1. The molecule has 2 saturated heterocycles. The molecule has 7 heteroatoms. The minimum Gasteiger partial charge on any atom is -0.365 e. The van der Waals surface area contributed by atoms with Gasteiger partial charge in [-0.3, -0.25) is 4.79 Å². The molecule has 0 unspecified atom stereocenters. The predicted octanol–water partition coefficient (Wildman–Crippen LogP) is 0.438. The number of rotatable bonds is 3. The smallest absolute Gasteiger partial charge is 0.248 e. The van der Waals surface area contributed by atoms with Gasteiger partial charge in [0.1, 0.15) is 6.61 Å². The van der Waals surface area contributed by atoms with Gasteiger partial charge in [0, 0.05) is 19.6 Å². The molecular formula is C14H24N2O4S. The zero-order valence-electron chi connectivity index (χ0n) is 12.5. The monoisotopic (exact) mass is 316 g/mol. The van der Waals surface area contributed by atoms with Gasteiger partial charge in [0.05, 0.1) is 18.4 Å². The van der Waals surface area contributed by atoms with Crippen molar-refractivity contribution in [1.29, 1.82) is 0 Å². The maximum Gasteiger partial charge on any atom is 0.248 e. The van der Waals surface area contributed by atoms with Gasteiger partial charge in [-0.05, 0) is 18.8 Å². The summed E-state index contributed by atoms with van der Waals surface area (Å²) >= 11 is 0. The average molecular weight is 316 g/mol. The first-order valence-corrected chi connectivity index (χ1v) is 9.66. The van der Waals surface area contributed by atoms with E-state index in [0.29, 0.717) is 19.0 Å². The molecule has 0 spiro atoms.